The summed E-state index contributed by atoms with van der Waals surface area (Å²) >= 11 is 1.67. The van der Waals surface area contributed by atoms with Crippen LogP contribution in [-0.4, -0.2) is 4.57 Å². The molecule has 0 radical (unpaired) electrons. The summed E-state index contributed by atoms with van der Waals surface area (Å²) in [5, 5.41) is 2.04. The van der Waals surface area contributed by atoms with Crippen molar-refractivity contribution >= 4 is 17.0 Å². The van der Waals surface area contributed by atoms with Crippen LogP contribution in [0.15, 0.2) is 34.4 Å². The van der Waals surface area contributed by atoms with Crippen molar-refractivity contribution in [3.63, 3.8) is 0 Å². The van der Waals surface area contributed by atoms with Gasteiger partial charge in [-0.05, 0) is 36.4 Å². The van der Waals surface area contributed by atoms with Crippen LogP contribution in [0.1, 0.15) is 38.1 Å². The minimum absolute atomic E-state index is 0.0298. The van der Waals surface area contributed by atoms with Crippen molar-refractivity contribution in [2.75, 3.05) is 5.73 Å². The van der Waals surface area contributed by atoms with Crippen LogP contribution in [0.3, 0.4) is 0 Å². The van der Waals surface area contributed by atoms with E-state index in [2.05, 4.69) is 6.07 Å². The summed E-state index contributed by atoms with van der Waals surface area (Å²) in [5.74, 6) is 0. The molecule has 2 aromatic heterocycles. The standard InChI is InChI=1S/C15H18N2OS/c16-12-8-9-13(14-7-4-10-19-14)17(15(12)18)11-5-2-1-3-6-11/h4,7-11H,1-3,5-6,16H2. The Morgan fingerprint density at radius 3 is 2.63 bits per heavy atom. The minimum Gasteiger partial charge on any atom is -0.394 e. The maximum absolute atomic E-state index is 12.4. The van der Waals surface area contributed by atoms with Crippen LogP contribution in [-0.2, 0) is 0 Å². The summed E-state index contributed by atoms with van der Waals surface area (Å²) in [4.78, 5) is 13.6. The van der Waals surface area contributed by atoms with Gasteiger partial charge in [0.25, 0.3) is 5.56 Å². The zero-order valence-corrected chi connectivity index (χ0v) is 11.7. The first kappa shape index (κ1) is 12.5. The van der Waals surface area contributed by atoms with Gasteiger partial charge in [0, 0.05) is 6.04 Å². The molecule has 0 bridgehead atoms. The fourth-order valence-electron chi connectivity index (χ4n) is 2.90. The highest BCUT2D eigenvalue weighted by Gasteiger charge is 2.20. The smallest absolute Gasteiger partial charge is 0.274 e. The van der Waals surface area contributed by atoms with Gasteiger partial charge >= 0.3 is 0 Å². The number of hydrogen-bond acceptors (Lipinski definition) is 3. The third-order valence-corrected chi connectivity index (χ3v) is 4.75. The molecule has 1 aliphatic rings. The van der Waals surface area contributed by atoms with Crippen molar-refractivity contribution in [2.45, 2.75) is 38.1 Å². The number of anilines is 1. The number of pyridine rings is 1. The Morgan fingerprint density at radius 1 is 1.16 bits per heavy atom. The first-order chi connectivity index (χ1) is 9.27. The topological polar surface area (TPSA) is 48.0 Å². The van der Waals surface area contributed by atoms with Crippen LogP contribution in [0.2, 0.25) is 0 Å². The molecule has 0 unspecified atom stereocenters. The van der Waals surface area contributed by atoms with Gasteiger partial charge < -0.3 is 10.3 Å². The third-order valence-electron chi connectivity index (χ3n) is 3.86. The Balaban J connectivity index is 2.14. The maximum atomic E-state index is 12.4. The Kier molecular flexibility index (Phi) is 3.42. The largest absolute Gasteiger partial charge is 0.394 e. The van der Waals surface area contributed by atoms with Gasteiger partial charge in [-0.25, -0.2) is 0 Å². The zero-order valence-electron chi connectivity index (χ0n) is 10.8. The summed E-state index contributed by atoms with van der Waals surface area (Å²) in [6.07, 6.45) is 5.86. The summed E-state index contributed by atoms with van der Waals surface area (Å²) in [7, 11) is 0. The number of nitrogen functional groups attached to an aromatic ring is 1. The predicted molar refractivity (Wildman–Crippen MR) is 80.5 cm³/mol. The normalized spacial score (nSPS) is 16.6. The van der Waals surface area contributed by atoms with Crippen LogP contribution in [0.4, 0.5) is 5.69 Å². The molecule has 1 fully saturated rings. The lowest BCUT2D eigenvalue weighted by molar-refractivity contribution is 0.349. The van der Waals surface area contributed by atoms with E-state index < -0.39 is 0 Å². The molecule has 2 N–H and O–H groups in total. The highest BCUT2D eigenvalue weighted by molar-refractivity contribution is 7.13. The van der Waals surface area contributed by atoms with Crippen molar-refractivity contribution in [3.05, 3.63) is 40.0 Å². The Hall–Kier alpha value is -1.55. The quantitative estimate of drug-likeness (QED) is 0.908. The Morgan fingerprint density at radius 2 is 1.95 bits per heavy atom. The molecule has 3 nitrogen and oxygen atoms in total. The van der Waals surface area contributed by atoms with E-state index in [0.717, 1.165) is 23.4 Å². The number of hydrogen-bond donors (Lipinski definition) is 1. The molecule has 0 aliphatic heterocycles. The second-order valence-electron chi connectivity index (χ2n) is 5.12. The fraction of sp³-hybridized carbons (Fsp3) is 0.400. The van der Waals surface area contributed by atoms with Gasteiger partial charge in [-0.2, -0.15) is 0 Å². The molecular formula is C15H18N2OS. The van der Waals surface area contributed by atoms with Crippen LogP contribution in [0, 0.1) is 0 Å². The predicted octanol–water partition coefficient (Wildman–Crippen LogP) is 3.66. The SMILES string of the molecule is Nc1ccc(-c2cccs2)n(C2CCCCC2)c1=O. The Labute approximate surface area is 116 Å². The Bertz CT molecular complexity index is 610. The van der Waals surface area contributed by atoms with Crippen molar-refractivity contribution in [2.24, 2.45) is 0 Å². The minimum atomic E-state index is -0.0298. The first-order valence-corrected chi connectivity index (χ1v) is 7.70. The highest BCUT2D eigenvalue weighted by atomic mass is 32.1. The maximum Gasteiger partial charge on any atom is 0.274 e. The average molecular weight is 274 g/mol. The second kappa shape index (κ2) is 5.21. The van der Waals surface area contributed by atoms with E-state index in [-0.39, 0.29) is 5.56 Å². The lowest BCUT2D eigenvalue weighted by Gasteiger charge is -2.26. The van der Waals surface area contributed by atoms with Gasteiger partial charge in [-0.15, -0.1) is 11.3 Å². The number of nitrogens with zero attached hydrogens (tertiary/aromatic N) is 1. The number of rotatable bonds is 2. The fourth-order valence-corrected chi connectivity index (χ4v) is 3.64. The molecule has 0 saturated heterocycles. The first-order valence-electron chi connectivity index (χ1n) is 6.82. The summed E-state index contributed by atoms with van der Waals surface area (Å²) < 4.78 is 1.93. The van der Waals surface area contributed by atoms with Crippen molar-refractivity contribution in [1.29, 1.82) is 0 Å². The van der Waals surface area contributed by atoms with E-state index in [1.807, 2.05) is 22.1 Å². The van der Waals surface area contributed by atoms with Gasteiger partial charge in [0.15, 0.2) is 0 Å². The van der Waals surface area contributed by atoms with E-state index in [0.29, 0.717) is 11.7 Å². The molecule has 0 spiro atoms. The molecule has 1 saturated carbocycles. The molecule has 2 heterocycles. The van der Waals surface area contributed by atoms with Gasteiger partial charge in [0.2, 0.25) is 0 Å². The van der Waals surface area contributed by atoms with E-state index in [1.54, 1.807) is 17.4 Å². The molecule has 3 rings (SSSR count). The van der Waals surface area contributed by atoms with Gasteiger partial charge in [-0.1, -0.05) is 25.3 Å². The van der Waals surface area contributed by atoms with Crippen molar-refractivity contribution in [1.82, 2.24) is 4.57 Å². The van der Waals surface area contributed by atoms with Gasteiger partial charge in [0.1, 0.15) is 0 Å². The van der Waals surface area contributed by atoms with Crippen LogP contribution >= 0.6 is 11.3 Å². The molecule has 0 atom stereocenters. The highest BCUT2D eigenvalue weighted by Crippen LogP contribution is 2.32. The number of aromatic nitrogens is 1. The lowest BCUT2D eigenvalue weighted by atomic mass is 9.94. The molecule has 1 aliphatic carbocycles. The molecule has 0 amide bonds. The molecule has 19 heavy (non-hydrogen) atoms. The van der Waals surface area contributed by atoms with Crippen LogP contribution in [0.5, 0.6) is 0 Å². The monoisotopic (exact) mass is 274 g/mol. The average Bonchev–Trinajstić information content (AvgIpc) is 2.96. The summed E-state index contributed by atoms with van der Waals surface area (Å²) in [5.41, 5.74) is 7.16. The molecular weight excluding hydrogens is 256 g/mol. The molecule has 100 valence electrons. The third kappa shape index (κ3) is 2.32. The van der Waals surface area contributed by atoms with E-state index in [4.69, 9.17) is 5.73 Å². The van der Waals surface area contributed by atoms with E-state index in [9.17, 15) is 4.79 Å². The lowest BCUT2D eigenvalue weighted by Crippen LogP contribution is -2.29. The molecule has 0 aromatic carbocycles. The summed E-state index contributed by atoms with van der Waals surface area (Å²) in [6, 6.07) is 8.11. The van der Waals surface area contributed by atoms with Gasteiger partial charge in [-0.3, -0.25) is 4.79 Å². The second-order valence-corrected chi connectivity index (χ2v) is 6.07. The zero-order chi connectivity index (χ0) is 13.2. The van der Waals surface area contributed by atoms with Crippen molar-refractivity contribution in [3.8, 4) is 10.6 Å². The molecule has 2 aromatic rings. The van der Waals surface area contributed by atoms with E-state index in [1.165, 1.54) is 19.3 Å². The molecule has 4 heteroatoms. The van der Waals surface area contributed by atoms with Crippen LogP contribution in [0.25, 0.3) is 10.6 Å². The van der Waals surface area contributed by atoms with Crippen LogP contribution < -0.4 is 11.3 Å². The number of thiophene rings is 1. The van der Waals surface area contributed by atoms with E-state index >= 15 is 0 Å². The van der Waals surface area contributed by atoms with Gasteiger partial charge in [0.05, 0.1) is 16.3 Å². The van der Waals surface area contributed by atoms with Crippen molar-refractivity contribution < 1.29 is 0 Å². The summed E-state index contributed by atoms with van der Waals surface area (Å²) in [6.45, 7) is 0. The number of nitrogens with two attached hydrogens (primary N) is 1.